The zero-order chi connectivity index (χ0) is 11.6. The predicted molar refractivity (Wildman–Crippen MR) is 62.9 cm³/mol. The van der Waals surface area contributed by atoms with Crippen LogP contribution in [0.2, 0.25) is 0 Å². The number of nitrogens with two attached hydrogens (primary N) is 1. The molecule has 1 aliphatic rings. The van der Waals surface area contributed by atoms with E-state index in [1.54, 1.807) is 6.20 Å². The molecule has 0 bridgehead atoms. The Morgan fingerprint density at radius 3 is 2.81 bits per heavy atom. The summed E-state index contributed by atoms with van der Waals surface area (Å²) in [5.74, 6) is 1.04. The van der Waals surface area contributed by atoms with Crippen LogP contribution in [0.25, 0.3) is 0 Å². The largest absolute Gasteiger partial charge is 0.390 e. The molecule has 1 fully saturated rings. The fraction of sp³-hybridized carbons (Fsp3) is 0.750. The fourth-order valence-corrected chi connectivity index (χ4v) is 2.41. The van der Waals surface area contributed by atoms with E-state index < -0.39 is 5.60 Å². The topological polar surface area (TPSA) is 64.1 Å². The number of aliphatic hydroxyl groups is 1. The van der Waals surface area contributed by atoms with E-state index in [0.29, 0.717) is 0 Å². The van der Waals surface area contributed by atoms with Crippen molar-refractivity contribution in [3.05, 3.63) is 18.2 Å². The summed E-state index contributed by atoms with van der Waals surface area (Å²) in [6.45, 7) is 0. The van der Waals surface area contributed by atoms with Gasteiger partial charge in [-0.1, -0.05) is 0 Å². The molecular weight excluding hydrogens is 202 g/mol. The van der Waals surface area contributed by atoms with Crippen molar-refractivity contribution in [2.24, 2.45) is 12.8 Å². The zero-order valence-corrected chi connectivity index (χ0v) is 9.89. The van der Waals surface area contributed by atoms with E-state index in [-0.39, 0.29) is 6.04 Å². The maximum atomic E-state index is 10.4. The highest BCUT2D eigenvalue weighted by Gasteiger charge is 2.31. The highest BCUT2D eigenvalue weighted by Crippen LogP contribution is 2.31. The van der Waals surface area contributed by atoms with Gasteiger partial charge in [0.05, 0.1) is 5.60 Å². The van der Waals surface area contributed by atoms with Crippen LogP contribution in [-0.2, 0) is 13.5 Å². The minimum absolute atomic E-state index is 0.286. The minimum Gasteiger partial charge on any atom is -0.390 e. The van der Waals surface area contributed by atoms with Gasteiger partial charge in [0.2, 0.25) is 0 Å². The lowest BCUT2D eigenvalue weighted by atomic mass is 9.79. The summed E-state index contributed by atoms with van der Waals surface area (Å²) in [7, 11) is 1.99. The predicted octanol–water partition coefficient (Wildman–Crippen LogP) is 0.985. The molecule has 1 heterocycles. The van der Waals surface area contributed by atoms with E-state index in [1.807, 2.05) is 17.8 Å². The van der Waals surface area contributed by atoms with Gasteiger partial charge in [0.15, 0.2) is 0 Å². The number of imidazole rings is 1. The lowest BCUT2D eigenvalue weighted by molar-refractivity contribution is -0.00801. The fourth-order valence-electron chi connectivity index (χ4n) is 2.41. The third-order valence-electron chi connectivity index (χ3n) is 3.70. The van der Waals surface area contributed by atoms with Crippen LogP contribution in [0.15, 0.2) is 12.4 Å². The standard InChI is InChI=1S/C12H21N3O/c1-15-9-8-14-11(15)4-7-12(16)5-2-10(13)3-6-12/h8-10,16H,2-7,13H2,1H3. The van der Waals surface area contributed by atoms with Crippen molar-refractivity contribution in [3.63, 3.8) is 0 Å². The molecule has 0 amide bonds. The zero-order valence-electron chi connectivity index (χ0n) is 9.89. The van der Waals surface area contributed by atoms with Crippen LogP contribution in [-0.4, -0.2) is 26.3 Å². The van der Waals surface area contributed by atoms with Crippen LogP contribution >= 0.6 is 0 Å². The first-order chi connectivity index (χ1) is 7.59. The second-order valence-corrected chi connectivity index (χ2v) is 5.02. The molecule has 0 saturated heterocycles. The number of nitrogens with zero attached hydrogens (tertiary/aromatic N) is 2. The molecule has 0 aromatic carbocycles. The third-order valence-corrected chi connectivity index (χ3v) is 3.70. The quantitative estimate of drug-likeness (QED) is 0.803. The molecule has 1 aliphatic carbocycles. The Hall–Kier alpha value is -0.870. The van der Waals surface area contributed by atoms with Crippen molar-refractivity contribution in [3.8, 4) is 0 Å². The molecule has 4 nitrogen and oxygen atoms in total. The Bertz CT molecular complexity index is 340. The SMILES string of the molecule is Cn1ccnc1CCC1(O)CCC(N)CC1. The summed E-state index contributed by atoms with van der Waals surface area (Å²) in [4.78, 5) is 4.27. The van der Waals surface area contributed by atoms with Crippen LogP contribution in [0.4, 0.5) is 0 Å². The van der Waals surface area contributed by atoms with Gasteiger partial charge in [-0.25, -0.2) is 4.98 Å². The van der Waals surface area contributed by atoms with Gasteiger partial charge in [0.25, 0.3) is 0 Å². The molecule has 90 valence electrons. The van der Waals surface area contributed by atoms with E-state index in [9.17, 15) is 5.11 Å². The Morgan fingerprint density at radius 2 is 2.25 bits per heavy atom. The molecule has 0 spiro atoms. The molecule has 0 atom stereocenters. The monoisotopic (exact) mass is 223 g/mol. The van der Waals surface area contributed by atoms with E-state index in [4.69, 9.17) is 5.73 Å². The van der Waals surface area contributed by atoms with Gasteiger partial charge < -0.3 is 15.4 Å². The molecule has 3 N–H and O–H groups in total. The van der Waals surface area contributed by atoms with Crippen molar-refractivity contribution in [2.75, 3.05) is 0 Å². The number of aryl methyl sites for hydroxylation is 2. The average molecular weight is 223 g/mol. The van der Waals surface area contributed by atoms with Crippen molar-refractivity contribution >= 4 is 0 Å². The minimum atomic E-state index is -0.512. The summed E-state index contributed by atoms with van der Waals surface area (Å²) in [6, 6.07) is 0.286. The van der Waals surface area contributed by atoms with Gasteiger partial charge in [0, 0.05) is 31.9 Å². The molecule has 16 heavy (non-hydrogen) atoms. The van der Waals surface area contributed by atoms with E-state index in [1.165, 1.54) is 0 Å². The first kappa shape index (κ1) is 11.6. The van der Waals surface area contributed by atoms with Crippen molar-refractivity contribution < 1.29 is 5.11 Å². The molecule has 0 radical (unpaired) electrons. The number of aromatic nitrogens is 2. The van der Waals surface area contributed by atoms with Gasteiger partial charge in [0.1, 0.15) is 5.82 Å². The lowest BCUT2D eigenvalue weighted by Gasteiger charge is -2.34. The first-order valence-electron chi connectivity index (χ1n) is 6.03. The normalized spacial score (nSPS) is 30.6. The van der Waals surface area contributed by atoms with E-state index in [0.717, 1.165) is 44.3 Å². The maximum Gasteiger partial charge on any atom is 0.108 e. The molecule has 1 aromatic rings. The molecule has 1 aromatic heterocycles. The molecule has 0 unspecified atom stereocenters. The van der Waals surface area contributed by atoms with Gasteiger partial charge in [-0.15, -0.1) is 0 Å². The lowest BCUT2D eigenvalue weighted by Crippen LogP contribution is -2.39. The van der Waals surface area contributed by atoms with Crippen LogP contribution in [0.1, 0.15) is 37.9 Å². The molecule has 4 heteroatoms. The second kappa shape index (κ2) is 4.55. The molecule has 2 rings (SSSR count). The summed E-state index contributed by atoms with van der Waals surface area (Å²) >= 11 is 0. The van der Waals surface area contributed by atoms with Crippen LogP contribution in [0, 0.1) is 0 Å². The van der Waals surface area contributed by atoms with Crippen molar-refractivity contribution in [2.45, 2.75) is 50.2 Å². The highest BCUT2D eigenvalue weighted by atomic mass is 16.3. The number of hydrogen-bond acceptors (Lipinski definition) is 3. The summed E-state index contributed by atoms with van der Waals surface area (Å²) in [6.07, 6.45) is 8.93. The first-order valence-corrected chi connectivity index (χ1v) is 6.03. The third kappa shape index (κ3) is 2.62. The summed E-state index contributed by atoms with van der Waals surface area (Å²) < 4.78 is 2.01. The van der Waals surface area contributed by atoms with Gasteiger partial charge in [-0.3, -0.25) is 0 Å². The molecular formula is C12H21N3O. The summed E-state index contributed by atoms with van der Waals surface area (Å²) in [5, 5.41) is 10.4. The van der Waals surface area contributed by atoms with Gasteiger partial charge >= 0.3 is 0 Å². The number of hydrogen-bond donors (Lipinski definition) is 2. The van der Waals surface area contributed by atoms with Crippen LogP contribution < -0.4 is 5.73 Å². The van der Waals surface area contributed by atoms with Crippen LogP contribution in [0.3, 0.4) is 0 Å². The van der Waals surface area contributed by atoms with Crippen LogP contribution in [0.5, 0.6) is 0 Å². The molecule has 1 saturated carbocycles. The smallest absolute Gasteiger partial charge is 0.108 e. The average Bonchev–Trinajstić information content (AvgIpc) is 2.67. The van der Waals surface area contributed by atoms with Crippen molar-refractivity contribution in [1.82, 2.24) is 9.55 Å². The van der Waals surface area contributed by atoms with Gasteiger partial charge in [-0.2, -0.15) is 0 Å². The van der Waals surface area contributed by atoms with E-state index in [2.05, 4.69) is 4.98 Å². The van der Waals surface area contributed by atoms with E-state index >= 15 is 0 Å². The Morgan fingerprint density at radius 1 is 1.56 bits per heavy atom. The summed E-state index contributed by atoms with van der Waals surface area (Å²) in [5.41, 5.74) is 5.33. The Balaban J connectivity index is 1.88. The number of rotatable bonds is 3. The maximum absolute atomic E-state index is 10.4. The highest BCUT2D eigenvalue weighted by molar-refractivity contribution is 4.95. The second-order valence-electron chi connectivity index (χ2n) is 5.02. The Kier molecular flexibility index (Phi) is 3.30. The molecule has 0 aliphatic heterocycles. The Labute approximate surface area is 96.5 Å². The van der Waals surface area contributed by atoms with Gasteiger partial charge in [-0.05, 0) is 32.1 Å². The van der Waals surface area contributed by atoms with Crippen molar-refractivity contribution in [1.29, 1.82) is 0 Å².